The Bertz CT molecular complexity index is 533. The highest BCUT2D eigenvalue weighted by molar-refractivity contribution is 5.31. The topological polar surface area (TPSA) is 60.2 Å². The van der Waals surface area contributed by atoms with Gasteiger partial charge >= 0.3 is 0 Å². The average Bonchev–Trinajstić information content (AvgIpc) is 2.46. The Morgan fingerprint density at radius 1 is 1.42 bits per heavy atom. The molecule has 1 heterocycles. The van der Waals surface area contributed by atoms with E-state index in [1.807, 2.05) is 12.1 Å². The number of benzene rings is 1. The van der Waals surface area contributed by atoms with Crippen molar-refractivity contribution in [2.75, 3.05) is 7.11 Å². The zero-order valence-electron chi connectivity index (χ0n) is 10.6. The molecule has 0 aliphatic carbocycles. The Labute approximate surface area is 111 Å². The minimum Gasteiger partial charge on any atom is -0.494 e. The van der Waals surface area contributed by atoms with Crippen molar-refractivity contribution in [1.29, 1.82) is 0 Å². The van der Waals surface area contributed by atoms with Gasteiger partial charge in [0.15, 0.2) is 11.6 Å². The van der Waals surface area contributed by atoms with E-state index < -0.39 is 5.82 Å². The molecule has 3 N–H and O–H groups in total. The molecule has 0 radical (unpaired) electrons. The van der Waals surface area contributed by atoms with Gasteiger partial charge in [-0.25, -0.2) is 4.39 Å². The summed E-state index contributed by atoms with van der Waals surface area (Å²) in [6, 6.07) is 8.46. The molecule has 0 fully saturated rings. The third kappa shape index (κ3) is 3.27. The summed E-state index contributed by atoms with van der Waals surface area (Å²) in [5, 5.41) is 0. The first-order valence-corrected chi connectivity index (χ1v) is 5.93. The van der Waals surface area contributed by atoms with Gasteiger partial charge in [-0.05, 0) is 35.7 Å². The van der Waals surface area contributed by atoms with Gasteiger partial charge < -0.3 is 4.74 Å². The molecule has 0 spiro atoms. The van der Waals surface area contributed by atoms with Crippen LogP contribution in [-0.2, 0) is 6.42 Å². The Morgan fingerprint density at radius 3 is 2.84 bits per heavy atom. The van der Waals surface area contributed by atoms with Crippen molar-refractivity contribution >= 4 is 0 Å². The number of nitrogens with one attached hydrogen (secondary N) is 1. The Balaban J connectivity index is 2.20. The third-order valence-corrected chi connectivity index (χ3v) is 2.94. The van der Waals surface area contributed by atoms with E-state index in [0.29, 0.717) is 6.42 Å². The molecule has 4 nitrogen and oxygen atoms in total. The second kappa shape index (κ2) is 6.26. The van der Waals surface area contributed by atoms with Crippen LogP contribution in [0, 0.1) is 5.82 Å². The van der Waals surface area contributed by atoms with Crippen LogP contribution in [0.5, 0.6) is 5.75 Å². The van der Waals surface area contributed by atoms with E-state index in [2.05, 4.69) is 10.4 Å². The summed E-state index contributed by atoms with van der Waals surface area (Å²) in [4.78, 5) is 4.05. The number of halogens is 1. The van der Waals surface area contributed by atoms with Crippen molar-refractivity contribution in [3.05, 3.63) is 59.7 Å². The first-order valence-electron chi connectivity index (χ1n) is 5.93. The molecule has 1 aromatic heterocycles. The Morgan fingerprint density at radius 2 is 2.26 bits per heavy atom. The number of hydrogen-bond acceptors (Lipinski definition) is 4. The lowest BCUT2D eigenvalue weighted by Gasteiger charge is -2.17. The van der Waals surface area contributed by atoms with Crippen molar-refractivity contribution in [1.82, 2.24) is 10.4 Å². The van der Waals surface area contributed by atoms with Gasteiger partial charge in [0.2, 0.25) is 0 Å². The fourth-order valence-corrected chi connectivity index (χ4v) is 1.93. The number of hydrazine groups is 1. The van der Waals surface area contributed by atoms with Crippen LogP contribution in [0.15, 0.2) is 42.7 Å². The standard InChI is InChI=1S/C14H16FN3O/c1-19-14-5-4-11(8-12(14)15)13(18-16)7-10-3-2-6-17-9-10/h2-6,8-9,13,18H,7,16H2,1H3. The predicted molar refractivity (Wildman–Crippen MR) is 71.0 cm³/mol. The third-order valence-electron chi connectivity index (χ3n) is 2.94. The lowest BCUT2D eigenvalue weighted by atomic mass is 10.0. The molecule has 0 aliphatic heterocycles. The van der Waals surface area contributed by atoms with E-state index in [0.717, 1.165) is 11.1 Å². The molecular formula is C14H16FN3O. The molecular weight excluding hydrogens is 245 g/mol. The molecule has 2 aromatic rings. The quantitative estimate of drug-likeness (QED) is 0.638. The highest BCUT2D eigenvalue weighted by Gasteiger charge is 2.13. The summed E-state index contributed by atoms with van der Waals surface area (Å²) in [5.74, 6) is 5.38. The SMILES string of the molecule is COc1ccc(C(Cc2cccnc2)NN)cc1F. The van der Waals surface area contributed by atoms with Gasteiger partial charge in [-0.1, -0.05) is 12.1 Å². The number of nitrogens with zero attached hydrogens (tertiary/aromatic N) is 1. The van der Waals surface area contributed by atoms with E-state index in [9.17, 15) is 4.39 Å². The molecule has 0 amide bonds. The van der Waals surface area contributed by atoms with Crippen LogP contribution in [0.4, 0.5) is 4.39 Å². The number of ether oxygens (including phenoxy) is 1. The number of pyridine rings is 1. The highest BCUT2D eigenvalue weighted by Crippen LogP contribution is 2.23. The van der Waals surface area contributed by atoms with Crippen LogP contribution in [0.1, 0.15) is 17.2 Å². The molecule has 1 unspecified atom stereocenters. The maximum atomic E-state index is 13.7. The molecule has 1 aromatic carbocycles. The number of aromatic nitrogens is 1. The van der Waals surface area contributed by atoms with Gasteiger partial charge in [-0.15, -0.1) is 0 Å². The summed E-state index contributed by atoms with van der Waals surface area (Å²) in [5.41, 5.74) is 4.49. The minimum atomic E-state index is -0.397. The van der Waals surface area contributed by atoms with Crippen molar-refractivity contribution in [3.63, 3.8) is 0 Å². The molecule has 0 saturated carbocycles. The van der Waals surface area contributed by atoms with Gasteiger partial charge in [-0.2, -0.15) is 0 Å². The van der Waals surface area contributed by atoms with E-state index >= 15 is 0 Å². The predicted octanol–water partition coefficient (Wildman–Crippen LogP) is 1.98. The monoisotopic (exact) mass is 261 g/mol. The van der Waals surface area contributed by atoms with Crippen LogP contribution >= 0.6 is 0 Å². The Kier molecular flexibility index (Phi) is 4.43. The fourth-order valence-electron chi connectivity index (χ4n) is 1.93. The molecule has 5 heteroatoms. The van der Waals surface area contributed by atoms with Crippen LogP contribution < -0.4 is 16.0 Å². The molecule has 0 bridgehead atoms. The molecule has 0 saturated heterocycles. The van der Waals surface area contributed by atoms with Crippen molar-refractivity contribution in [2.45, 2.75) is 12.5 Å². The second-order valence-corrected chi connectivity index (χ2v) is 4.18. The lowest BCUT2D eigenvalue weighted by molar-refractivity contribution is 0.385. The molecule has 100 valence electrons. The van der Waals surface area contributed by atoms with Crippen LogP contribution in [0.2, 0.25) is 0 Å². The van der Waals surface area contributed by atoms with E-state index in [4.69, 9.17) is 10.6 Å². The van der Waals surface area contributed by atoms with Crippen LogP contribution in [-0.4, -0.2) is 12.1 Å². The molecule has 0 aliphatic rings. The zero-order valence-corrected chi connectivity index (χ0v) is 10.6. The number of hydrogen-bond donors (Lipinski definition) is 2. The molecule has 19 heavy (non-hydrogen) atoms. The fraction of sp³-hybridized carbons (Fsp3) is 0.214. The largest absolute Gasteiger partial charge is 0.494 e. The van der Waals surface area contributed by atoms with Gasteiger partial charge in [-0.3, -0.25) is 16.3 Å². The highest BCUT2D eigenvalue weighted by atomic mass is 19.1. The normalized spacial score (nSPS) is 12.2. The first-order chi connectivity index (χ1) is 9.24. The molecule has 1 atom stereocenters. The zero-order chi connectivity index (χ0) is 13.7. The van der Waals surface area contributed by atoms with Crippen LogP contribution in [0.3, 0.4) is 0 Å². The summed E-state index contributed by atoms with van der Waals surface area (Å²) in [7, 11) is 1.44. The van der Waals surface area contributed by atoms with Gasteiger partial charge in [0.25, 0.3) is 0 Å². The van der Waals surface area contributed by atoms with E-state index in [1.165, 1.54) is 13.2 Å². The smallest absolute Gasteiger partial charge is 0.165 e. The summed E-state index contributed by atoms with van der Waals surface area (Å²) in [6.45, 7) is 0. The van der Waals surface area contributed by atoms with Gasteiger partial charge in [0, 0.05) is 12.4 Å². The second-order valence-electron chi connectivity index (χ2n) is 4.18. The van der Waals surface area contributed by atoms with Crippen molar-refractivity contribution < 1.29 is 9.13 Å². The number of methoxy groups -OCH3 is 1. The minimum absolute atomic E-state index is 0.176. The Hall–Kier alpha value is -1.98. The van der Waals surface area contributed by atoms with E-state index in [-0.39, 0.29) is 11.8 Å². The summed E-state index contributed by atoms with van der Waals surface area (Å²) >= 11 is 0. The number of rotatable bonds is 5. The first kappa shape index (κ1) is 13.5. The van der Waals surface area contributed by atoms with Crippen molar-refractivity contribution in [3.8, 4) is 5.75 Å². The van der Waals surface area contributed by atoms with Gasteiger partial charge in [0.05, 0.1) is 13.2 Å². The number of nitrogens with two attached hydrogens (primary N) is 1. The molecule has 2 rings (SSSR count). The lowest BCUT2D eigenvalue weighted by Crippen LogP contribution is -2.29. The maximum absolute atomic E-state index is 13.7. The van der Waals surface area contributed by atoms with Gasteiger partial charge in [0.1, 0.15) is 0 Å². The summed E-state index contributed by atoms with van der Waals surface area (Å²) < 4.78 is 18.6. The van der Waals surface area contributed by atoms with Crippen molar-refractivity contribution in [2.24, 2.45) is 5.84 Å². The van der Waals surface area contributed by atoms with Crippen LogP contribution in [0.25, 0.3) is 0 Å². The summed E-state index contributed by atoms with van der Waals surface area (Å²) in [6.07, 6.45) is 4.11. The van der Waals surface area contributed by atoms with E-state index in [1.54, 1.807) is 24.5 Å². The average molecular weight is 261 g/mol. The maximum Gasteiger partial charge on any atom is 0.165 e.